The van der Waals surface area contributed by atoms with Crippen molar-refractivity contribution >= 4 is 5.91 Å². The van der Waals surface area contributed by atoms with Gasteiger partial charge >= 0.3 is 0 Å². The smallest absolute Gasteiger partial charge is 0.249 e. The summed E-state index contributed by atoms with van der Waals surface area (Å²) >= 11 is 0. The van der Waals surface area contributed by atoms with Gasteiger partial charge in [0.25, 0.3) is 0 Å². The van der Waals surface area contributed by atoms with Gasteiger partial charge in [0, 0.05) is 17.2 Å². The van der Waals surface area contributed by atoms with Crippen LogP contribution < -0.4 is 5.73 Å². The molecular formula is C11H10N2O2. The van der Waals surface area contributed by atoms with Crippen LogP contribution in [-0.4, -0.2) is 11.1 Å². The minimum atomic E-state index is -0.465. The molecule has 0 spiro atoms. The van der Waals surface area contributed by atoms with Crippen LogP contribution >= 0.6 is 0 Å². The molecule has 0 fully saturated rings. The maximum absolute atomic E-state index is 11.2. The third kappa shape index (κ3) is 1.74. The number of aromatic nitrogens is 1. The molecule has 2 aromatic rings. The van der Waals surface area contributed by atoms with E-state index in [9.17, 15) is 4.79 Å². The highest BCUT2D eigenvalue weighted by molar-refractivity contribution is 5.99. The molecule has 0 aliphatic carbocycles. The van der Waals surface area contributed by atoms with E-state index in [1.807, 2.05) is 19.1 Å². The summed E-state index contributed by atoms with van der Waals surface area (Å²) in [5.74, 6) is -0.465. The quantitative estimate of drug-likeness (QED) is 0.806. The highest BCUT2D eigenvalue weighted by Gasteiger charge is 2.11. The van der Waals surface area contributed by atoms with Gasteiger partial charge in [0.2, 0.25) is 5.91 Å². The van der Waals surface area contributed by atoms with E-state index in [4.69, 9.17) is 10.3 Å². The molecule has 1 aromatic carbocycles. The van der Waals surface area contributed by atoms with Crippen molar-refractivity contribution in [3.63, 3.8) is 0 Å². The van der Waals surface area contributed by atoms with Gasteiger partial charge in [-0.1, -0.05) is 16.8 Å². The predicted octanol–water partition coefficient (Wildman–Crippen LogP) is 1.75. The van der Waals surface area contributed by atoms with Crippen molar-refractivity contribution in [2.24, 2.45) is 5.73 Å². The Morgan fingerprint density at radius 3 is 2.80 bits per heavy atom. The second-order valence-electron chi connectivity index (χ2n) is 3.30. The molecule has 1 heterocycles. The minimum Gasteiger partial charge on any atom is -0.366 e. The van der Waals surface area contributed by atoms with Gasteiger partial charge < -0.3 is 10.3 Å². The fourth-order valence-electron chi connectivity index (χ4n) is 1.44. The summed E-state index contributed by atoms with van der Waals surface area (Å²) in [5, 5.41) is 3.79. The topological polar surface area (TPSA) is 69.1 Å². The van der Waals surface area contributed by atoms with E-state index in [2.05, 4.69) is 5.16 Å². The number of nitrogens with two attached hydrogens (primary N) is 1. The SMILES string of the molecule is Cc1ccc(C(N)=O)c(-c2ccon2)c1. The largest absolute Gasteiger partial charge is 0.366 e. The van der Waals surface area contributed by atoms with E-state index in [-0.39, 0.29) is 0 Å². The van der Waals surface area contributed by atoms with Crippen LogP contribution in [0.3, 0.4) is 0 Å². The highest BCUT2D eigenvalue weighted by Crippen LogP contribution is 2.22. The summed E-state index contributed by atoms with van der Waals surface area (Å²) in [5.41, 5.74) is 8.09. The molecule has 0 saturated carbocycles. The van der Waals surface area contributed by atoms with Crippen molar-refractivity contribution in [1.29, 1.82) is 0 Å². The standard InChI is InChI=1S/C11H10N2O2/c1-7-2-3-8(11(12)14)9(6-7)10-4-5-15-13-10/h2-6H,1H3,(H2,12,14). The zero-order valence-electron chi connectivity index (χ0n) is 8.23. The number of aryl methyl sites for hydroxylation is 1. The molecule has 1 amide bonds. The van der Waals surface area contributed by atoms with Gasteiger partial charge in [0.05, 0.1) is 0 Å². The summed E-state index contributed by atoms with van der Waals surface area (Å²) in [6.45, 7) is 1.94. The van der Waals surface area contributed by atoms with Gasteiger partial charge in [-0.05, 0) is 19.1 Å². The summed E-state index contributed by atoms with van der Waals surface area (Å²) < 4.78 is 4.74. The first-order chi connectivity index (χ1) is 7.18. The second-order valence-corrected chi connectivity index (χ2v) is 3.30. The maximum atomic E-state index is 11.2. The molecule has 0 aliphatic heterocycles. The van der Waals surface area contributed by atoms with Gasteiger partial charge in [-0.25, -0.2) is 0 Å². The number of carbonyl (C=O) groups excluding carboxylic acids is 1. The molecule has 76 valence electrons. The first-order valence-corrected chi connectivity index (χ1v) is 4.49. The lowest BCUT2D eigenvalue weighted by Crippen LogP contribution is -2.12. The first kappa shape index (κ1) is 9.45. The Labute approximate surface area is 86.7 Å². The number of hydrogen-bond acceptors (Lipinski definition) is 3. The average Bonchev–Trinajstić information content (AvgIpc) is 2.69. The Morgan fingerprint density at radius 2 is 2.20 bits per heavy atom. The molecule has 2 rings (SSSR count). The van der Waals surface area contributed by atoms with E-state index in [1.165, 1.54) is 6.26 Å². The van der Waals surface area contributed by atoms with Crippen molar-refractivity contribution in [3.05, 3.63) is 41.7 Å². The number of primary amides is 1. The van der Waals surface area contributed by atoms with Crippen molar-refractivity contribution in [1.82, 2.24) is 5.16 Å². The fraction of sp³-hybridized carbons (Fsp3) is 0.0909. The van der Waals surface area contributed by atoms with E-state index in [1.54, 1.807) is 12.1 Å². The number of amides is 1. The van der Waals surface area contributed by atoms with Crippen molar-refractivity contribution < 1.29 is 9.32 Å². The lowest BCUT2D eigenvalue weighted by molar-refractivity contribution is 0.100. The molecule has 15 heavy (non-hydrogen) atoms. The minimum absolute atomic E-state index is 0.453. The van der Waals surface area contributed by atoms with Crippen molar-refractivity contribution in [3.8, 4) is 11.3 Å². The van der Waals surface area contributed by atoms with Crippen LogP contribution in [0, 0.1) is 6.92 Å². The number of nitrogens with zero attached hydrogens (tertiary/aromatic N) is 1. The molecule has 0 saturated heterocycles. The zero-order chi connectivity index (χ0) is 10.8. The Balaban J connectivity index is 2.63. The fourth-order valence-corrected chi connectivity index (χ4v) is 1.44. The summed E-state index contributed by atoms with van der Waals surface area (Å²) in [4.78, 5) is 11.2. The Morgan fingerprint density at radius 1 is 1.40 bits per heavy atom. The van der Waals surface area contributed by atoms with Gasteiger partial charge in [0.15, 0.2) is 0 Å². The lowest BCUT2D eigenvalue weighted by atomic mass is 10.0. The summed E-state index contributed by atoms with van der Waals surface area (Å²) in [6.07, 6.45) is 1.46. The molecule has 0 radical (unpaired) electrons. The normalized spacial score (nSPS) is 10.2. The number of rotatable bonds is 2. The lowest BCUT2D eigenvalue weighted by Gasteiger charge is -2.04. The Kier molecular flexibility index (Phi) is 2.25. The average molecular weight is 202 g/mol. The van der Waals surface area contributed by atoms with E-state index in [0.717, 1.165) is 5.56 Å². The molecular weight excluding hydrogens is 192 g/mol. The van der Waals surface area contributed by atoms with E-state index >= 15 is 0 Å². The van der Waals surface area contributed by atoms with Crippen LogP contribution in [0.5, 0.6) is 0 Å². The Bertz CT molecular complexity index is 489. The third-order valence-corrected chi connectivity index (χ3v) is 2.15. The molecule has 0 unspecified atom stereocenters. The van der Waals surface area contributed by atoms with Gasteiger partial charge in [-0.15, -0.1) is 0 Å². The predicted molar refractivity (Wildman–Crippen MR) is 55.2 cm³/mol. The van der Waals surface area contributed by atoms with Crippen molar-refractivity contribution in [2.75, 3.05) is 0 Å². The van der Waals surface area contributed by atoms with Crippen LogP contribution in [0.2, 0.25) is 0 Å². The van der Waals surface area contributed by atoms with E-state index in [0.29, 0.717) is 16.8 Å². The molecule has 4 nitrogen and oxygen atoms in total. The molecule has 0 atom stereocenters. The van der Waals surface area contributed by atoms with Gasteiger partial charge in [-0.2, -0.15) is 0 Å². The molecule has 1 aromatic heterocycles. The van der Waals surface area contributed by atoms with Crippen LogP contribution in [0.4, 0.5) is 0 Å². The number of carbonyl (C=O) groups is 1. The monoisotopic (exact) mass is 202 g/mol. The van der Waals surface area contributed by atoms with Crippen LogP contribution in [0.1, 0.15) is 15.9 Å². The van der Waals surface area contributed by atoms with Crippen LogP contribution in [0.25, 0.3) is 11.3 Å². The molecule has 0 bridgehead atoms. The maximum Gasteiger partial charge on any atom is 0.249 e. The van der Waals surface area contributed by atoms with E-state index < -0.39 is 5.91 Å². The van der Waals surface area contributed by atoms with Crippen molar-refractivity contribution in [2.45, 2.75) is 6.92 Å². The molecule has 4 heteroatoms. The van der Waals surface area contributed by atoms with Gasteiger partial charge in [0.1, 0.15) is 12.0 Å². The third-order valence-electron chi connectivity index (χ3n) is 2.15. The Hall–Kier alpha value is -2.10. The molecule has 0 aliphatic rings. The summed E-state index contributed by atoms with van der Waals surface area (Å²) in [6, 6.07) is 7.09. The van der Waals surface area contributed by atoms with Gasteiger partial charge in [-0.3, -0.25) is 4.79 Å². The van der Waals surface area contributed by atoms with Crippen LogP contribution in [0.15, 0.2) is 35.1 Å². The van der Waals surface area contributed by atoms with Crippen LogP contribution in [-0.2, 0) is 0 Å². The molecule has 2 N–H and O–H groups in total. The highest BCUT2D eigenvalue weighted by atomic mass is 16.5. The number of benzene rings is 1. The zero-order valence-corrected chi connectivity index (χ0v) is 8.23. The number of hydrogen-bond donors (Lipinski definition) is 1. The second kappa shape index (κ2) is 3.57. The summed E-state index contributed by atoms with van der Waals surface area (Å²) in [7, 11) is 0. The first-order valence-electron chi connectivity index (χ1n) is 4.49.